The number of pyridine rings is 1. The summed E-state index contributed by atoms with van der Waals surface area (Å²) in [5.74, 6) is 0. The molecule has 0 atom stereocenters. The van der Waals surface area contributed by atoms with Gasteiger partial charge in [-0.25, -0.2) is 0 Å². The van der Waals surface area contributed by atoms with Crippen molar-refractivity contribution >= 4 is 5.69 Å². The average Bonchev–Trinajstić information content (AvgIpc) is 2.66. The van der Waals surface area contributed by atoms with Gasteiger partial charge < -0.3 is 10.2 Å². The Labute approximate surface area is 157 Å². The molecule has 2 aliphatic rings. The molecule has 1 fully saturated rings. The number of fused-ring (bicyclic) bond motifs is 1. The standard InChI is InChI=1S/C23H31N3/c1-22(2)8-9-23(3,4)20-15-17(5-6-19(20)22)21-16-18(7-10-25-21)26-13-11-24-12-14-26/h5-7,10,15-16,24H,8-9,11-14H2,1-4H3. The largest absolute Gasteiger partial charge is 0.369 e. The van der Waals surface area contributed by atoms with Crippen LogP contribution in [0.25, 0.3) is 11.3 Å². The van der Waals surface area contributed by atoms with E-state index in [1.54, 1.807) is 0 Å². The third-order valence-corrected chi connectivity index (χ3v) is 6.37. The van der Waals surface area contributed by atoms with E-state index in [0.29, 0.717) is 0 Å². The van der Waals surface area contributed by atoms with Crippen LogP contribution in [-0.2, 0) is 10.8 Å². The zero-order chi connectivity index (χ0) is 18.4. The Morgan fingerprint density at radius 2 is 1.58 bits per heavy atom. The van der Waals surface area contributed by atoms with Gasteiger partial charge in [0.25, 0.3) is 0 Å². The minimum absolute atomic E-state index is 0.233. The second kappa shape index (κ2) is 6.38. The fraction of sp³-hybridized carbons (Fsp3) is 0.522. The molecule has 0 radical (unpaired) electrons. The summed E-state index contributed by atoms with van der Waals surface area (Å²) in [6.07, 6.45) is 4.45. The van der Waals surface area contributed by atoms with Gasteiger partial charge in [0.1, 0.15) is 0 Å². The van der Waals surface area contributed by atoms with Crippen LogP contribution in [0.15, 0.2) is 36.5 Å². The van der Waals surface area contributed by atoms with E-state index in [1.807, 2.05) is 6.20 Å². The number of nitrogens with one attached hydrogen (secondary N) is 1. The monoisotopic (exact) mass is 349 g/mol. The van der Waals surface area contributed by atoms with Gasteiger partial charge in [-0.1, -0.05) is 39.8 Å². The lowest BCUT2D eigenvalue weighted by molar-refractivity contribution is 0.332. The number of aromatic nitrogens is 1. The van der Waals surface area contributed by atoms with Gasteiger partial charge in [-0.05, 0) is 53.0 Å². The number of piperazine rings is 1. The molecular weight excluding hydrogens is 318 g/mol. The third kappa shape index (κ3) is 3.14. The van der Waals surface area contributed by atoms with Crippen LogP contribution in [0.5, 0.6) is 0 Å². The summed E-state index contributed by atoms with van der Waals surface area (Å²) in [6.45, 7) is 13.8. The molecule has 0 bridgehead atoms. The van der Waals surface area contributed by atoms with Gasteiger partial charge in [-0.3, -0.25) is 4.98 Å². The molecule has 26 heavy (non-hydrogen) atoms. The summed E-state index contributed by atoms with van der Waals surface area (Å²) in [5, 5.41) is 3.42. The molecule has 1 aromatic heterocycles. The summed E-state index contributed by atoms with van der Waals surface area (Å²) in [4.78, 5) is 7.15. The maximum atomic E-state index is 4.70. The lowest BCUT2D eigenvalue weighted by Crippen LogP contribution is -2.43. The third-order valence-electron chi connectivity index (χ3n) is 6.37. The van der Waals surface area contributed by atoms with Gasteiger partial charge in [0, 0.05) is 43.6 Å². The van der Waals surface area contributed by atoms with Gasteiger partial charge in [0.05, 0.1) is 5.69 Å². The molecule has 0 unspecified atom stereocenters. The van der Waals surface area contributed by atoms with Crippen molar-refractivity contribution in [3.05, 3.63) is 47.7 Å². The molecule has 1 aliphatic heterocycles. The number of benzene rings is 1. The highest BCUT2D eigenvalue weighted by molar-refractivity contribution is 5.67. The lowest BCUT2D eigenvalue weighted by Gasteiger charge is -2.42. The van der Waals surface area contributed by atoms with Crippen molar-refractivity contribution in [1.29, 1.82) is 0 Å². The minimum atomic E-state index is 0.233. The summed E-state index contributed by atoms with van der Waals surface area (Å²) < 4.78 is 0. The van der Waals surface area contributed by atoms with Crippen LogP contribution in [0, 0.1) is 0 Å². The van der Waals surface area contributed by atoms with Gasteiger partial charge >= 0.3 is 0 Å². The zero-order valence-corrected chi connectivity index (χ0v) is 16.6. The Morgan fingerprint density at radius 3 is 2.31 bits per heavy atom. The van der Waals surface area contributed by atoms with Crippen molar-refractivity contribution in [2.24, 2.45) is 0 Å². The van der Waals surface area contributed by atoms with E-state index in [0.717, 1.165) is 31.9 Å². The van der Waals surface area contributed by atoms with E-state index < -0.39 is 0 Å². The molecule has 2 heterocycles. The van der Waals surface area contributed by atoms with Crippen LogP contribution >= 0.6 is 0 Å². The van der Waals surface area contributed by atoms with Crippen molar-refractivity contribution in [2.75, 3.05) is 31.1 Å². The van der Waals surface area contributed by atoms with Crippen LogP contribution in [0.3, 0.4) is 0 Å². The molecule has 0 spiro atoms. The highest BCUT2D eigenvalue weighted by Gasteiger charge is 2.37. The molecule has 1 aliphatic carbocycles. The summed E-state index contributed by atoms with van der Waals surface area (Å²) >= 11 is 0. The topological polar surface area (TPSA) is 28.2 Å². The minimum Gasteiger partial charge on any atom is -0.369 e. The molecule has 138 valence electrons. The highest BCUT2D eigenvalue weighted by Crippen LogP contribution is 2.46. The van der Waals surface area contributed by atoms with Crippen molar-refractivity contribution in [1.82, 2.24) is 10.3 Å². The maximum Gasteiger partial charge on any atom is 0.0722 e. The molecule has 0 saturated carbocycles. The van der Waals surface area contributed by atoms with Crippen LogP contribution in [0.4, 0.5) is 5.69 Å². The predicted molar refractivity (Wildman–Crippen MR) is 110 cm³/mol. The van der Waals surface area contributed by atoms with Crippen molar-refractivity contribution in [3.63, 3.8) is 0 Å². The predicted octanol–water partition coefficient (Wildman–Crippen LogP) is 4.51. The molecule has 4 rings (SSSR count). The van der Waals surface area contributed by atoms with E-state index in [1.165, 1.54) is 35.2 Å². The first-order valence-corrected chi connectivity index (χ1v) is 9.94. The van der Waals surface area contributed by atoms with Crippen LogP contribution < -0.4 is 10.2 Å². The molecule has 0 amide bonds. The van der Waals surface area contributed by atoms with E-state index >= 15 is 0 Å². The molecule has 3 heteroatoms. The molecule has 3 nitrogen and oxygen atoms in total. The molecule has 1 N–H and O–H groups in total. The van der Waals surface area contributed by atoms with Crippen LogP contribution in [-0.4, -0.2) is 31.2 Å². The van der Waals surface area contributed by atoms with Gasteiger partial charge in [0.15, 0.2) is 0 Å². The first kappa shape index (κ1) is 17.5. The van der Waals surface area contributed by atoms with Gasteiger partial charge in [0.2, 0.25) is 0 Å². The Balaban J connectivity index is 1.73. The zero-order valence-electron chi connectivity index (χ0n) is 16.6. The normalized spacial score (nSPS) is 21.3. The Bertz CT molecular complexity index is 801. The van der Waals surface area contributed by atoms with Crippen molar-refractivity contribution in [3.8, 4) is 11.3 Å². The lowest BCUT2D eigenvalue weighted by atomic mass is 9.63. The Kier molecular flexibility index (Phi) is 4.31. The molecule has 2 aromatic rings. The Morgan fingerprint density at radius 1 is 0.885 bits per heavy atom. The fourth-order valence-electron chi connectivity index (χ4n) is 4.44. The second-order valence-corrected chi connectivity index (χ2v) is 9.16. The molecular formula is C23H31N3. The maximum absolute atomic E-state index is 4.70. The number of hydrogen-bond donors (Lipinski definition) is 1. The quantitative estimate of drug-likeness (QED) is 0.865. The van der Waals surface area contributed by atoms with Crippen LogP contribution in [0.2, 0.25) is 0 Å². The molecule has 1 aromatic carbocycles. The summed E-state index contributed by atoms with van der Waals surface area (Å²) in [7, 11) is 0. The van der Waals surface area contributed by atoms with E-state index in [9.17, 15) is 0 Å². The highest BCUT2D eigenvalue weighted by atomic mass is 15.2. The van der Waals surface area contributed by atoms with Gasteiger partial charge in [-0.2, -0.15) is 0 Å². The smallest absolute Gasteiger partial charge is 0.0722 e. The number of anilines is 1. The van der Waals surface area contributed by atoms with Crippen molar-refractivity contribution in [2.45, 2.75) is 51.4 Å². The first-order valence-electron chi connectivity index (χ1n) is 9.94. The van der Waals surface area contributed by atoms with E-state index in [-0.39, 0.29) is 10.8 Å². The SMILES string of the molecule is CC1(C)CCC(C)(C)c2cc(-c3cc(N4CCNCC4)ccn3)ccc21. The van der Waals surface area contributed by atoms with E-state index in [2.05, 4.69) is 68.2 Å². The number of hydrogen-bond acceptors (Lipinski definition) is 3. The summed E-state index contributed by atoms with van der Waals surface area (Å²) in [6, 6.07) is 11.4. The van der Waals surface area contributed by atoms with Gasteiger partial charge in [-0.15, -0.1) is 0 Å². The first-order chi connectivity index (χ1) is 12.4. The fourth-order valence-corrected chi connectivity index (χ4v) is 4.44. The number of nitrogens with zero attached hydrogens (tertiary/aromatic N) is 2. The van der Waals surface area contributed by atoms with E-state index in [4.69, 9.17) is 4.98 Å². The summed E-state index contributed by atoms with van der Waals surface area (Å²) in [5.41, 5.74) is 7.12. The average molecular weight is 350 g/mol. The second-order valence-electron chi connectivity index (χ2n) is 9.16. The Hall–Kier alpha value is -1.87. The number of rotatable bonds is 2. The van der Waals surface area contributed by atoms with Crippen molar-refractivity contribution < 1.29 is 0 Å². The molecule has 1 saturated heterocycles. The van der Waals surface area contributed by atoms with Crippen LogP contribution in [0.1, 0.15) is 51.7 Å².